The van der Waals surface area contributed by atoms with Crippen LogP contribution in [0.15, 0.2) is 0 Å². The standard InChI is InChI=1S/C31H62N2/c1-28(2,3)22-16-13-17-23(29(4,5)6)26(22)32-20-15-21-33-27-24(30(7,8)9)18-14-19-25(27)31(10,11)12/h22-27,32-33H,13-21H2,1-12H3. The molecule has 0 aliphatic heterocycles. The molecule has 2 saturated carbocycles. The van der Waals surface area contributed by atoms with E-state index in [9.17, 15) is 0 Å². The van der Waals surface area contributed by atoms with Gasteiger partial charge in [-0.25, -0.2) is 0 Å². The topological polar surface area (TPSA) is 24.1 Å². The summed E-state index contributed by atoms with van der Waals surface area (Å²) < 4.78 is 0. The quantitative estimate of drug-likeness (QED) is 0.388. The average molecular weight is 463 g/mol. The number of rotatable bonds is 6. The van der Waals surface area contributed by atoms with E-state index in [-0.39, 0.29) is 0 Å². The largest absolute Gasteiger partial charge is 0.313 e. The molecule has 2 nitrogen and oxygen atoms in total. The summed E-state index contributed by atoms with van der Waals surface area (Å²) in [5.74, 6) is 3.10. The van der Waals surface area contributed by atoms with Crippen LogP contribution in [0.25, 0.3) is 0 Å². The van der Waals surface area contributed by atoms with Crippen LogP contribution in [0.2, 0.25) is 0 Å². The van der Waals surface area contributed by atoms with Crippen LogP contribution < -0.4 is 10.6 Å². The minimum Gasteiger partial charge on any atom is -0.313 e. The molecule has 2 fully saturated rings. The Morgan fingerprint density at radius 1 is 0.455 bits per heavy atom. The molecule has 0 amide bonds. The van der Waals surface area contributed by atoms with Gasteiger partial charge in [-0.1, -0.05) is 95.9 Å². The first-order valence-electron chi connectivity index (χ1n) is 14.4. The lowest BCUT2D eigenvalue weighted by atomic mass is 9.60. The molecule has 0 aromatic heterocycles. The smallest absolute Gasteiger partial charge is 0.0134 e. The number of hydrogen-bond donors (Lipinski definition) is 2. The van der Waals surface area contributed by atoms with E-state index in [2.05, 4.69) is 93.7 Å². The third-order valence-electron chi connectivity index (χ3n) is 9.36. The zero-order valence-corrected chi connectivity index (χ0v) is 24.8. The molecule has 4 atom stereocenters. The van der Waals surface area contributed by atoms with Crippen molar-refractivity contribution < 1.29 is 0 Å². The molecule has 2 rings (SSSR count). The predicted molar refractivity (Wildman–Crippen MR) is 148 cm³/mol. The Morgan fingerprint density at radius 2 is 0.697 bits per heavy atom. The third-order valence-corrected chi connectivity index (χ3v) is 9.36. The van der Waals surface area contributed by atoms with E-state index in [0.717, 1.165) is 36.8 Å². The maximum absolute atomic E-state index is 4.12. The highest BCUT2D eigenvalue weighted by Crippen LogP contribution is 2.47. The van der Waals surface area contributed by atoms with Gasteiger partial charge in [-0.2, -0.15) is 0 Å². The number of hydrogen-bond acceptors (Lipinski definition) is 2. The van der Waals surface area contributed by atoms with Crippen molar-refractivity contribution in [2.45, 2.75) is 140 Å². The molecule has 2 N–H and O–H groups in total. The van der Waals surface area contributed by atoms with Gasteiger partial charge in [0.2, 0.25) is 0 Å². The van der Waals surface area contributed by atoms with Crippen molar-refractivity contribution in [2.75, 3.05) is 13.1 Å². The molecule has 2 aliphatic rings. The van der Waals surface area contributed by atoms with E-state index in [1.54, 1.807) is 0 Å². The van der Waals surface area contributed by atoms with E-state index < -0.39 is 0 Å². The van der Waals surface area contributed by atoms with Crippen LogP contribution in [0.5, 0.6) is 0 Å². The van der Waals surface area contributed by atoms with Crippen molar-refractivity contribution in [3.63, 3.8) is 0 Å². The van der Waals surface area contributed by atoms with Gasteiger partial charge in [0.1, 0.15) is 0 Å². The maximum Gasteiger partial charge on any atom is 0.0134 e. The first kappa shape index (κ1) is 29.2. The van der Waals surface area contributed by atoms with Gasteiger partial charge in [0.15, 0.2) is 0 Å². The Labute approximate surface area is 209 Å². The first-order chi connectivity index (χ1) is 14.9. The van der Waals surface area contributed by atoms with Crippen LogP contribution in [0, 0.1) is 45.3 Å². The Hall–Kier alpha value is -0.0800. The highest BCUT2D eigenvalue weighted by atomic mass is 15.0. The van der Waals surface area contributed by atoms with E-state index in [0.29, 0.717) is 33.7 Å². The SMILES string of the molecule is CC(C)(C)C1CCCC(C(C)(C)C)C1NCCCNC1C(C(C)(C)C)CCCC1C(C)(C)C. The minimum atomic E-state index is 0.377. The van der Waals surface area contributed by atoms with Gasteiger partial charge < -0.3 is 10.6 Å². The summed E-state index contributed by atoms with van der Waals surface area (Å²) in [4.78, 5) is 0. The second kappa shape index (κ2) is 10.9. The summed E-state index contributed by atoms with van der Waals surface area (Å²) in [5.41, 5.74) is 1.51. The molecule has 0 radical (unpaired) electrons. The van der Waals surface area contributed by atoms with Crippen molar-refractivity contribution in [3.8, 4) is 0 Å². The fourth-order valence-electron chi connectivity index (χ4n) is 7.48. The third kappa shape index (κ3) is 7.96. The fourth-order valence-corrected chi connectivity index (χ4v) is 7.48. The van der Waals surface area contributed by atoms with Crippen molar-refractivity contribution in [1.82, 2.24) is 10.6 Å². The molecule has 4 unspecified atom stereocenters. The molecule has 33 heavy (non-hydrogen) atoms. The lowest BCUT2D eigenvalue weighted by Gasteiger charge is -2.50. The van der Waals surface area contributed by atoms with Gasteiger partial charge in [0, 0.05) is 12.1 Å². The summed E-state index contributed by atoms with van der Waals surface area (Å²) in [5, 5.41) is 8.23. The molecule has 2 heteroatoms. The van der Waals surface area contributed by atoms with Gasteiger partial charge in [-0.3, -0.25) is 0 Å². The van der Waals surface area contributed by atoms with Crippen molar-refractivity contribution in [2.24, 2.45) is 45.3 Å². The van der Waals surface area contributed by atoms with Crippen LogP contribution in [0.3, 0.4) is 0 Å². The zero-order chi connectivity index (χ0) is 25.2. The second-order valence-electron chi connectivity index (χ2n) is 16.1. The van der Waals surface area contributed by atoms with Gasteiger partial charge in [0.25, 0.3) is 0 Å². The molecule has 0 aromatic carbocycles. The summed E-state index contributed by atoms with van der Waals surface area (Å²) in [6.07, 6.45) is 9.56. The Bertz CT molecular complexity index is 484. The minimum absolute atomic E-state index is 0.377. The van der Waals surface area contributed by atoms with Crippen LogP contribution >= 0.6 is 0 Å². The summed E-state index contributed by atoms with van der Waals surface area (Å²) >= 11 is 0. The van der Waals surface area contributed by atoms with Crippen LogP contribution in [0.4, 0.5) is 0 Å². The molecule has 0 spiro atoms. The summed E-state index contributed by atoms with van der Waals surface area (Å²) in [6, 6.07) is 1.30. The van der Waals surface area contributed by atoms with E-state index in [1.807, 2.05) is 0 Å². The van der Waals surface area contributed by atoms with Crippen molar-refractivity contribution >= 4 is 0 Å². The van der Waals surface area contributed by atoms with E-state index in [4.69, 9.17) is 0 Å². The highest BCUT2D eigenvalue weighted by molar-refractivity contribution is 4.98. The van der Waals surface area contributed by atoms with Crippen molar-refractivity contribution in [3.05, 3.63) is 0 Å². The first-order valence-corrected chi connectivity index (χ1v) is 14.4. The highest BCUT2D eigenvalue weighted by Gasteiger charge is 2.44. The second-order valence-corrected chi connectivity index (χ2v) is 16.1. The molecule has 0 bridgehead atoms. The normalized spacial score (nSPS) is 32.7. The van der Waals surface area contributed by atoms with Gasteiger partial charge >= 0.3 is 0 Å². The molecule has 0 saturated heterocycles. The average Bonchev–Trinajstić information content (AvgIpc) is 2.64. The van der Waals surface area contributed by atoms with Gasteiger partial charge in [-0.05, 0) is 90.5 Å². The fraction of sp³-hybridized carbons (Fsp3) is 1.00. The van der Waals surface area contributed by atoms with Crippen LogP contribution in [-0.4, -0.2) is 25.2 Å². The van der Waals surface area contributed by atoms with E-state index in [1.165, 1.54) is 44.9 Å². The summed E-state index contributed by atoms with van der Waals surface area (Å²) in [6.45, 7) is 31.8. The number of nitrogens with one attached hydrogen (secondary N) is 2. The maximum atomic E-state index is 4.12. The van der Waals surface area contributed by atoms with E-state index >= 15 is 0 Å². The molecular formula is C31H62N2. The van der Waals surface area contributed by atoms with Crippen molar-refractivity contribution in [1.29, 1.82) is 0 Å². The predicted octanol–water partition coefficient (Wildman–Crippen LogP) is 8.31. The monoisotopic (exact) mass is 462 g/mol. The molecule has 196 valence electrons. The lowest BCUT2D eigenvalue weighted by molar-refractivity contribution is 0.0324. The lowest BCUT2D eigenvalue weighted by Crippen LogP contribution is -2.54. The molecular weight excluding hydrogens is 400 g/mol. The summed E-state index contributed by atoms with van der Waals surface area (Å²) in [7, 11) is 0. The zero-order valence-electron chi connectivity index (χ0n) is 24.8. The van der Waals surface area contributed by atoms with Crippen LogP contribution in [-0.2, 0) is 0 Å². The molecule has 2 aliphatic carbocycles. The molecule has 0 aromatic rings. The van der Waals surface area contributed by atoms with Gasteiger partial charge in [-0.15, -0.1) is 0 Å². The molecule has 0 heterocycles. The Kier molecular flexibility index (Phi) is 9.63. The van der Waals surface area contributed by atoms with Crippen LogP contribution in [0.1, 0.15) is 128 Å². The Balaban J connectivity index is 2.00. The van der Waals surface area contributed by atoms with Gasteiger partial charge in [0.05, 0.1) is 0 Å². The Morgan fingerprint density at radius 3 is 0.909 bits per heavy atom.